The van der Waals surface area contributed by atoms with Gasteiger partial charge >= 0.3 is 0 Å². The molecule has 1 heterocycles. The number of aromatic hydroxyl groups is 1. The van der Waals surface area contributed by atoms with Crippen LogP contribution in [0.5, 0.6) is 11.5 Å². The van der Waals surface area contributed by atoms with Gasteiger partial charge in [-0.1, -0.05) is 54.6 Å². The van der Waals surface area contributed by atoms with Crippen LogP contribution in [0.3, 0.4) is 0 Å². The van der Waals surface area contributed by atoms with Crippen LogP contribution in [0.15, 0.2) is 54.6 Å². The fraction of sp³-hybridized carbons (Fsp3) is 0.250. The van der Waals surface area contributed by atoms with Crippen LogP contribution in [0.25, 0.3) is 11.1 Å². The fourth-order valence-electron chi connectivity index (χ4n) is 4.05. The molecule has 2 heteroatoms. The summed E-state index contributed by atoms with van der Waals surface area (Å²) in [5, 5.41) is 11.0. The Morgan fingerprint density at radius 1 is 0.885 bits per heavy atom. The summed E-state index contributed by atoms with van der Waals surface area (Å²) in [6.07, 6.45) is 1.83. The molecule has 0 aromatic heterocycles. The van der Waals surface area contributed by atoms with Gasteiger partial charge < -0.3 is 9.84 Å². The molecule has 1 N–H and O–H groups in total. The third-order valence-corrected chi connectivity index (χ3v) is 5.53. The van der Waals surface area contributed by atoms with Gasteiger partial charge in [-0.25, -0.2) is 0 Å². The summed E-state index contributed by atoms with van der Waals surface area (Å²) in [4.78, 5) is 0. The summed E-state index contributed by atoms with van der Waals surface area (Å²) in [5.41, 5.74) is 7.67. The van der Waals surface area contributed by atoms with E-state index in [-0.39, 0.29) is 6.10 Å². The quantitative estimate of drug-likeness (QED) is 0.639. The van der Waals surface area contributed by atoms with Crippen molar-refractivity contribution in [3.05, 3.63) is 82.4 Å². The van der Waals surface area contributed by atoms with E-state index in [0.717, 1.165) is 46.4 Å². The van der Waals surface area contributed by atoms with Crippen LogP contribution in [-0.4, -0.2) is 5.11 Å². The summed E-state index contributed by atoms with van der Waals surface area (Å²) < 4.78 is 6.26. The van der Waals surface area contributed by atoms with Crippen molar-refractivity contribution in [2.75, 3.05) is 0 Å². The molecule has 0 aliphatic carbocycles. The first kappa shape index (κ1) is 16.7. The van der Waals surface area contributed by atoms with E-state index >= 15 is 0 Å². The van der Waals surface area contributed by atoms with Crippen molar-refractivity contribution in [2.24, 2.45) is 0 Å². The molecule has 0 saturated heterocycles. The fourth-order valence-corrected chi connectivity index (χ4v) is 4.05. The first-order valence-corrected chi connectivity index (χ1v) is 9.22. The van der Waals surface area contributed by atoms with Gasteiger partial charge in [0, 0.05) is 5.56 Å². The smallest absolute Gasteiger partial charge is 0.134 e. The maximum atomic E-state index is 11.0. The molecule has 1 atom stereocenters. The molecule has 0 spiro atoms. The predicted molar refractivity (Wildman–Crippen MR) is 106 cm³/mol. The monoisotopic (exact) mass is 344 g/mol. The molecule has 132 valence electrons. The van der Waals surface area contributed by atoms with E-state index < -0.39 is 0 Å². The maximum absolute atomic E-state index is 11.0. The Kier molecular flexibility index (Phi) is 4.20. The summed E-state index contributed by atoms with van der Waals surface area (Å²) in [5.74, 6) is 1.19. The Morgan fingerprint density at radius 2 is 1.58 bits per heavy atom. The van der Waals surface area contributed by atoms with Crippen molar-refractivity contribution in [1.82, 2.24) is 0 Å². The number of aryl methyl sites for hydroxylation is 1. The molecule has 1 unspecified atom stereocenters. The van der Waals surface area contributed by atoms with Crippen LogP contribution < -0.4 is 4.74 Å². The van der Waals surface area contributed by atoms with Gasteiger partial charge in [-0.2, -0.15) is 0 Å². The van der Waals surface area contributed by atoms with Crippen molar-refractivity contribution >= 4 is 0 Å². The number of fused-ring (bicyclic) bond motifs is 3. The lowest BCUT2D eigenvalue weighted by atomic mass is 9.86. The molecule has 0 saturated carbocycles. The van der Waals surface area contributed by atoms with Crippen molar-refractivity contribution in [2.45, 2.75) is 39.7 Å². The minimum atomic E-state index is -0.0125. The molecule has 3 aromatic rings. The highest BCUT2D eigenvalue weighted by atomic mass is 16.5. The number of rotatable bonds is 3. The second kappa shape index (κ2) is 6.53. The topological polar surface area (TPSA) is 29.5 Å². The largest absolute Gasteiger partial charge is 0.507 e. The number of phenolic OH excluding ortho intramolecular Hbond substituents is 1. The Labute approximate surface area is 155 Å². The number of benzene rings is 3. The normalized spacial score (nSPS) is 15.1. The minimum absolute atomic E-state index is 0.0125. The van der Waals surface area contributed by atoms with Crippen LogP contribution in [0.4, 0.5) is 0 Å². The van der Waals surface area contributed by atoms with Crippen molar-refractivity contribution in [3.63, 3.8) is 0 Å². The average molecular weight is 344 g/mol. The number of phenols is 1. The van der Waals surface area contributed by atoms with Gasteiger partial charge in [0.2, 0.25) is 0 Å². The maximum Gasteiger partial charge on any atom is 0.134 e. The summed E-state index contributed by atoms with van der Waals surface area (Å²) in [6, 6.07) is 18.7. The predicted octanol–water partition coefficient (Wildman–Crippen LogP) is 5.91. The SMILES string of the molecule is Cc1c(O)c2c(c(C)c1CCc1ccccc1)OC(C)c1ccccc1-2. The van der Waals surface area contributed by atoms with Crippen LogP contribution in [-0.2, 0) is 12.8 Å². The molecule has 3 aromatic carbocycles. The Hall–Kier alpha value is -2.74. The Morgan fingerprint density at radius 3 is 2.35 bits per heavy atom. The van der Waals surface area contributed by atoms with E-state index in [2.05, 4.69) is 50.2 Å². The van der Waals surface area contributed by atoms with Gasteiger partial charge in [0.15, 0.2) is 0 Å². The minimum Gasteiger partial charge on any atom is -0.507 e. The zero-order valence-electron chi connectivity index (χ0n) is 15.5. The van der Waals surface area contributed by atoms with Gasteiger partial charge in [0.05, 0.1) is 5.56 Å². The molecule has 0 bridgehead atoms. The molecular formula is C24H24O2. The van der Waals surface area contributed by atoms with Gasteiger partial charge in [-0.3, -0.25) is 0 Å². The third kappa shape index (κ3) is 2.66. The summed E-state index contributed by atoms with van der Waals surface area (Å²) in [6.45, 7) is 6.21. The second-order valence-corrected chi connectivity index (χ2v) is 7.11. The number of hydrogen-bond acceptors (Lipinski definition) is 2. The van der Waals surface area contributed by atoms with Crippen LogP contribution >= 0.6 is 0 Å². The molecule has 1 aliphatic rings. The zero-order chi connectivity index (χ0) is 18.3. The Bertz CT molecular complexity index is 958. The van der Waals surface area contributed by atoms with E-state index in [1.165, 1.54) is 11.1 Å². The second-order valence-electron chi connectivity index (χ2n) is 7.11. The molecule has 0 amide bonds. The van der Waals surface area contributed by atoms with Crippen LogP contribution in [0, 0.1) is 13.8 Å². The van der Waals surface area contributed by atoms with Crippen LogP contribution in [0.2, 0.25) is 0 Å². The van der Waals surface area contributed by atoms with Crippen LogP contribution in [0.1, 0.15) is 40.8 Å². The van der Waals surface area contributed by atoms with Gasteiger partial charge in [0.25, 0.3) is 0 Å². The first-order valence-electron chi connectivity index (χ1n) is 9.22. The van der Waals surface area contributed by atoms with Crippen molar-refractivity contribution in [3.8, 4) is 22.6 Å². The highest BCUT2D eigenvalue weighted by molar-refractivity contribution is 5.84. The molecule has 0 radical (unpaired) electrons. The molecule has 2 nitrogen and oxygen atoms in total. The van der Waals surface area contributed by atoms with Crippen molar-refractivity contribution in [1.29, 1.82) is 0 Å². The molecule has 4 rings (SSSR count). The molecule has 0 fully saturated rings. The summed E-state index contributed by atoms with van der Waals surface area (Å²) >= 11 is 0. The van der Waals surface area contributed by atoms with E-state index in [1.54, 1.807) is 0 Å². The van der Waals surface area contributed by atoms with E-state index in [9.17, 15) is 5.11 Å². The Balaban J connectivity index is 1.80. The summed E-state index contributed by atoms with van der Waals surface area (Å²) in [7, 11) is 0. The molecule has 1 aliphatic heterocycles. The standard InChI is InChI=1S/C24H24O2/c1-15-19(14-13-18-9-5-4-6-10-18)16(2)24-22(23(15)25)21-12-8-7-11-20(21)17(3)26-24/h4-12,17,25H,13-14H2,1-3H3. The van der Waals surface area contributed by atoms with E-state index in [4.69, 9.17) is 4.74 Å². The van der Waals surface area contributed by atoms with E-state index in [1.807, 2.05) is 25.1 Å². The lowest BCUT2D eigenvalue weighted by Gasteiger charge is -2.30. The highest BCUT2D eigenvalue weighted by Crippen LogP contribution is 2.51. The van der Waals surface area contributed by atoms with Gasteiger partial charge in [0.1, 0.15) is 17.6 Å². The third-order valence-electron chi connectivity index (χ3n) is 5.53. The number of ether oxygens (including phenoxy) is 1. The lowest BCUT2D eigenvalue weighted by Crippen LogP contribution is -2.14. The van der Waals surface area contributed by atoms with E-state index in [0.29, 0.717) is 5.75 Å². The molecular weight excluding hydrogens is 320 g/mol. The van der Waals surface area contributed by atoms with Crippen molar-refractivity contribution < 1.29 is 9.84 Å². The average Bonchev–Trinajstić information content (AvgIpc) is 2.67. The van der Waals surface area contributed by atoms with Gasteiger partial charge in [-0.05, 0) is 61.4 Å². The lowest BCUT2D eigenvalue weighted by molar-refractivity contribution is 0.220. The zero-order valence-corrected chi connectivity index (χ0v) is 15.5. The highest BCUT2D eigenvalue weighted by Gasteiger charge is 2.29. The van der Waals surface area contributed by atoms with Gasteiger partial charge in [-0.15, -0.1) is 0 Å². The number of hydrogen-bond donors (Lipinski definition) is 1. The first-order chi connectivity index (χ1) is 12.6. The molecule has 26 heavy (non-hydrogen) atoms.